The number of fused-ring (bicyclic) bond motifs is 1. The standard InChI is InChI=1S/C21H22N2O4S/c1-3-23-18(24)15-16(19(23)25)21(20(26)27-2,12-13-8-5-4-6-9-13)22-17(15)14-10-7-11-28-14/h4-11,15-17,22H,3,12H2,1-2H3/t15-,16-,17-,21+/m0/s1. The summed E-state index contributed by atoms with van der Waals surface area (Å²) in [4.78, 5) is 41.6. The van der Waals surface area contributed by atoms with Gasteiger partial charge in [0.05, 0.1) is 25.0 Å². The predicted molar refractivity (Wildman–Crippen MR) is 104 cm³/mol. The van der Waals surface area contributed by atoms with Gasteiger partial charge in [-0.25, -0.2) is 0 Å². The normalized spacial score (nSPS) is 29.2. The molecule has 1 aromatic carbocycles. The maximum absolute atomic E-state index is 13.2. The number of nitrogens with one attached hydrogen (secondary N) is 1. The van der Waals surface area contributed by atoms with Crippen molar-refractivity contribution in [3.63, 3.8) is 0 Å². The van der Waals surface area contributed by atoms with Gasteiger partial charge >= 0.3 is 5.97 Å². The Balaban J connectivity index is 1.86. The summed E-state index contributed by atoms with van der Waals surface area (Å²) < 4.78 is 5.16. The monoisotopic (exact) mass is 398 g/mol. The molecule has 28 heavy (non-hydrogen) atoms. The summed E-state index contributed by atoms with van der Waals surface area (Å²) in [5.41, 5.74) is -0.382. The number of hydrogen-bond donors (Lipinski definition) is 1. The van der Waals surface area contributed by atoms with Crippen molar-refractivity contribution in [1.82, 2.24) is 10.2 Å². The number of thiophene rings is 1. The van der Waals surface area contributed by atoms with Gasteiger partial charge in [0, 0.05) is 17.8 Å². The van der Waals surface area contributed by atoms with E-state index in [0.717, 1.165) is 10.4 Å². The third-order valence-electron chi connectivity index (χ3n) is 5.79. The molecule has 2 fully saturated rings. The molecule has 7 heteroatoms. The molecule has 146 valence electrons. The molecule has 0 spiro atoms. The van der Waals surface area contributed by atoms with Crippen molar-refractivity contribution in [2.45, 2.75) is 24.9 Å². The number of ether oxygens (including phenoxy) is 1. The van der Waals surface area contributed by atoms with Crippen LogP contribution in [0.4, 0.5) is 0 Å². The molecule has 2 amide bonds. The number of amides is 2. The Kier molecular flexibility index (Phi) is 4.81. The van der Waals surface area contributed by atoms with Crippen LogP contribution < -0.4 is 5.32 Å². The van der Waals surface area contributed by atoms with Crippen molar-refractivity contribution in [2.75, 3.05) is 13.7 Å². The van der Waals surface area contributed by atoms with E-state index in [1.54, 1.807) is 6.92 Å². The molecule has 4 rings (SSSR count). The van der Waals surface area contributed by atoms with Crippen molar-refractivity contribution in [1.29, 1.82) is 0 Å². The first-order valence-electron chi connectivity index (χ1n) is 9.32. The van der Waals surface area contributed by atoms with Gasteiger partial charge in [-0.15, -0.1) is 11.3 Å². The Morgan fingerprint density at radius 1 is 1.18 bits per heavy atom. The van der Waals surface area contributed by atoms with Crippen LogP contribution in [0.2, 0.25) is 0 Å². The Hall–Kier alpha value is -2.51. The highest BCUT2D eigenvalue weighted by Gasteiger charge is 2.68. The van der Waals surface area contributed by atoms with E-state index in [2.05, 4.69) is 5.32 Å². The molecule has 3 heterocycles. The lowest BCUT2D eigenvalue weighted by molar-refractivity contribution is -0.154. The fourth-order valence-corrected chi connectivity index (χ4v) is 5.43. The van der Waals surface area contributed by atoms with Crippen LogP contribution in [0.15, 0.2) is 47.8 Å². The van der Waals surface area contributed by atoms with E-state index >= 15 is 0 Å². The first-order chi connectivity index (χ1) is 13.5. The maximum atomic E-state index is 13.2. The zero-order valence-electron chi connectivity index (χ0n) is 15.8. The second-order valence-electron chi connectivity index (χ2n) is 7.19. The number of esters is 1. The Bertz CT molecular complexity index is 898. The topological polar surface area (TPSA) is 75.7 Å². The van der Waals surface area contributed by atoms with Gasteiger partial charge in [-0.3, -0.25) is 24.6 Å². The van der Waals surface area contributed by atoms with E-state index in [0.29, 0.717) is 6.54 Å². The van der Waals surface area contributed by atoms with E-state index in [4.69, 9.17) is 4.74 Å². The second-order valence-corrected chi connectivity index (χ2v) is 8.17. The number of nitrogens with zero attached hydrogens (tertiary/aromatic N) is 1. The van der Waals surface area contributed by atoms with Crippen molar-refractivity contribution >= 4 is 29.1 Å². The lowest BCUT2D eigenvalue weighted by Crippen LogP contribution is -2.57. The summed E-state index contributed by atoms with van der Waals surface area (Å²) in [6.45, 7) is 2.08. The molecule has 4 atom stereocenters. The summed E-state index contributed by atoms with van der Waals surface area (Å²) in [6, 6.07) is 13.0. The van der Waals surface area contributed by atoms with Crippen molar-refractivity contribution < 1.29 is 19.1 Å². The number of likely N-dealkylation sites (tertiary alicyclic amines) is 1. The van der Waals surface area contributed by atoms with Crippen LogP contribution in [0.25, 0.3) is 0 Å². The quantitative estimate of drug-likeness (QED) is 0.617. The zero-order chi connectivity index (χ0) is 19.9. The summed E-state index contributed by atoms with van der Waals surface area (Å²) in [6.07, 6.45) is 0.278. The fraction of sp³-hybridized carbons (Fsp3) is 0.381. The molecule has 0 unspecified atom stereocenters. The van der Waals surface area contributed by atoms with Gasteiger partial charge in [-0.2, -0.15) is 0 Å². The predicted octanol–water partition coefficient (Wildman–Crippen LogP) is 2.17. The number of carbonyl (C=O) groups excluding carboxylic acids is 3. The summed E-state index contributed by atoms with van der Waals surface area (Å²) >= 11 is 1.51. The highest BCUT2D eigenvalue weighted by molar-refractivity contribution is 7.10. The van der Waals surface area contributed by atoms with E-state index in [-0.39, 0.29) is 18.2 Å². The minimum absolute atomic E-state index is 0.220. The summed E-state index contributed by atoms with van der Waals surface area (Å²) in [7, 11) is 1.32. The number of benzene rings is 1. The molecule has 0 saturated carbocycles. The zero-order valence-corrected chi connectivity index (χ0v) is 16.6. The first-order valence-corrected chi connectivity index (χ1v) is 10.2. The largest absolute Gasteiger partial charge is 0.468 e. The first kappa shape index (κ1) is 18.8. The van der Waals surface area contributed by atoms with Gasteiger partial charge in [0.15, 0.2) is 0 Å². The van der Waals surface area contributed by atoms with Gasteiger partial charge in [0.25, 0.3) is 0 Å². The SMILES string of the molecule is CCN1C(=O)[C@H]2[C@@H](C1=O)[C@](Cc1ccccc1)(C(=O)OC)N[C@H]2c1cccs1. The van der Waals surface area contributed by atoms with Crippen molar-refractivity contribution in [3.05, 3.63) is 58.3 Å². The van der Waals surface area contributed by atoms with E-state index in [1.807, 2.05) is 47.8 Å². The minimum atomic E-state index is -1.29. The molecule has 6 nitrogen and oxygen atoms in total. The summed E-state index contributed by atoms with van der Waals surface area (Å²) in [5, 5.41) is 5.31. The van der Waals surface area contributed by atoms with Gasteiger partial charge in [-0.1, -0.05) is 36.4 Å². The van der Waals surface area contributed by atoms with E-state index < -0.39 is 29.4 Å². The van der Waals surface area contributed by atoms with Crippen LogP contribution >= 0.6 is 11.3 Å². The van der Waals surface area contributed by atoms with Gasteiger partial charge in [0.1, 0.15) is 5.54 Å². The molecule has 2 aliphatic rings. The van der Waals surface area contributed by atoms with Gasteiger partial charge in [0.2, 0.25) is 11.8 Å². The average Bonchev–Trinajstić information content (AvgIpc) is 3.40. The van der Waals surface area contributed by atoms with Crippen LogP contribution in [0.3, 0.4) is 0 Å². The molecular formula is C21H22N2O4S. The average molecular weight is 398 g/mol. The van der Waals surface area contributed by atoms with Crippen LogP contribution in [-0.2, 0) is 25.5 Å². The second kappa shape index (κ2) is 7.14. The van der Waals surface area contributed by atoms with Gasteiger partial charge in [-0.05, 0) is 23.9 Å². The smallest absolute Gasteiger partial charge is 0.327 e. The highest BCUT2D eigenvalue weighted by atomic mass is 32.1. The number of carbonyl (C=O) groups is 3. The molecule has 2 aromatic rings. The third-order valence-corrected chi connectivity index (χ3v) is 6.74. The third kappa shape index (κ3) is 2.69. The molecule has 1 aromatic heterocycles. The number of methoxy groups -OCH3 is 1. The van der Waals surface area contributed by atoms with Crippen LogP contribution in [0.5, 0.6) is 0 Å². The van der Waals surface area contributed by atoms with Crippen molar-refractivity contribution in [2.24, 2.45) is 11.8 Å². The minimum Gasteiger partial charge on any atom is -0.468 e. The van der Waals surface area contributed by atoms with E-state index in [1.165, 1.54) is 23.3 Å². The number of imide groups is 1. The number of rotatable bonds is 5. The summed E-state index contributed by atoms with van der Waals surface area (Å²) in [5.74, 6) is -2.44. The highest BCUT2D eigenvalue weighted by Crippen LogP contribution is 2.50. The number of hydrogen-bond acceptors (Lipinski definition) is 6. The Labute approximate surface area is 167 Å². The maximum Gasteiger partial charge on any atom is 0.327 e. The molecule has 0 aliphatic carbocycles. The van der Waals surface area contributed by atoms with Crippen molar-refractivity contribution in [3.8, 4) is 0 Å². The van der Waals surface area contributed by atoms with Crippen LogP contribution in [-0.4, -0.2) is 41.9 Å². The molecule has 0 bridgehead atoms. The van der Waals surface area contributed by atoms with Crippen LogP contribution in [0, 0.1) is 11.8 Å². The van der Waals surface area contributed by atoms with E-state index in [9.17, 15) is 14.4 Å². The Morgan fingerprint density at radius 3 is 2.54 bits per heavy atom. The lowest BCUT2D eigenvalue weighted by atomic mass is 9.76. The molecule has 1 N–H and O–H groups in total. The molecule has 2 saturated heterocycles. The Morgan fingerprint density at radius 2 is 1.93 bits per heavy atom. The van der Waals surface area contributed by atoms with Crippen LogP contribution in [0.1, 0.15) is 23.4 Å². The van der Waals surface area contributed by atoms with Gasteiger partial charge < -0.3 is 4.74 Å². The molecular weight excluding hydrogens is 376 g/mol. The lowest BCUT2D eigenvalue weighted by Gasteiger charge is -2.32. The fourth-order valence-electron chi connectivity index (χ4n) is 4.61. The molecule has 2 aliphatic heterocycles. The molecule has 0 radical (unpaired) electrons.